The summed E-state index contributed by atoms with van der Waals surface area (Å²) in [4.78, 5) is 27.0. The van der Waals surface area contributed by atoms with Crippen LogP contribution in [0.1, 0.15) is 56.3 Å². The molecule has 6 heteroatoms. The first kappa shape index (κ1) is 23.5. The maximum Gasteiger partial charge on any atom is 0.252 e. The lowest BCUT2D eigenvalue weighted by Crippen LogP contribution is -2.36. The summed E-state index contributed by atoms with van der Waals surface area (Å²) >= 11 is 0. The van der Waals surface area contributed by atoms with Crippen molar-refractivity contribution < 1.29 is 14.3 Å². The number of ether oxygens (including phenoxy) is 1. The zero-order chi connectivity index (χ0) is 23.9. The van der Waals surface area contributed by atoms with Crippen molar-refractivity contribution in [2.45, 2.75) is 32.4 Å². The minimum atomic E-state index is -0.537. The average Bonchev–Trinajstić information content (AvgIpc) is 3.39. The predicted molar refractivity (Wildman–Crippen MR) is 133 cm³/mol. The summed E-state index contributed by atoms with van der Waals surface area (Å²) in [5.41, 5.74) is 9.62. The quantitative estimate of drug-likeness (QED) is 0.503. The number of nitrogens with one attached hydrogen (secondary N) is 1. The molecule has 1 fully saturated rings. The van der Waals surface area contributed by atoms with Gasteiger partial charge in [0.15, 0.2) is 0 Å². The molecule has 176 valence electrons. The van der Waals surface area contributed by atoms with Crippen molar-refractivity contribution in [2.75, 3.05) is 19.6 Å². The maximum absolute atomic E-state index is 13.0. The molecule has 0 saturated carbocycles. The van der Waals surface area contributed by atoms with Crippen LogP contribution in [0.15, 0.2) is 72.8 Å². The van der Waals surface area contributed by atoms with Gasteiger partial charge >= 0.3 is 0 Å². The molecule has 0 spiro atoms. The van der Waals surface area contributed by atoms with E-state index in [9.17, 15) is 9.59 Å². The highest BCUT2D eigenvalue weighted by atomic mass is 16.5. The van der Waals surface area contributed by atoms with Gasteiger partial charge in [-0.15, -0.1) is 0 Å². The number of para-hydroxylation sites is 1. The van der Waals surface area contributed by atoms with Crippen molar-refractivity contribution in [3.05, 3.63) is 101 Å². The maximum atomic E-state index is 13.0. The first-order valence-electron chi connectivity index (χ1n) is 11.7. The SMILES string of the molecule is Cc1ccc(C(CNC(=O)c2cccc(COc3ccccc3C(N)=O)c2)N2CCCC2)cc1. The topological polar surface area (TPSA) is 84.7 Å². The summed E-state index contributed by atoms with van der Waals surface area (Å²) in [6.45, 7) is 4.96. The van der Waals surface area contributed by atoms with Gasteiger partial charge in [0.2, 0.25) is 0 Å². The number of benzene rings is 3. The summed E-state index contributed by atoms with van der Waals surface area (Å²) in [6, 6.07) is 22.9. The number of amides is 2. The fraction of sp³-hybridized carbons (Fsp3) is 0.286. The van der Waals surface area contributed by atoms with Crippen LogP contribution in [0.2, 0.25) is 0 Å². The average molecular weight is 458 g/mol. The minimum Gasteiger partial charge on any atom is -0.488 e. The van der Waals surface area contributed by atoms with Crippen molar-refractivity contribution in [2.24, 2.45) is 5.73 Å². The third-order valence-corrected chi connectivity index (χ3v) is 6.24. The Balaban J connectivity index is 1.41. The van der Waals surface area contributed by atoms with Gasteiger partial charge in [-0.3, -0.25) is 14.5 Å². The van der Waals surface area contributed by atoms with Gasteiger partial charge in [-0.2, -0.15) is 0 Å². The molecule has 0 aromatic heterocycles. The van der Waals surface area contributed by atoms with E-state index in [4.69, 9.17) is 10.5 Å². The highest BCUT2D eigenvalue weighted by Gasteiger charge is 2.24. The Labute approximate surface area is 200 Å². The lowest BCUT2D eigenvalue weighted by Gasteiger charge is -2.28. The lowest BCUT2D eigenvalue weighted by molar-refractivity contribution is 0.0936. The number of rotatable bonds is 9. The number of carbonyl (C=O) groups excluding carboxylic acids is 2. The number of nitrogens with two attached hydrogens (primary N) is 1. The Morgan fingerprint density at radius 3 is 2.47 bits per heavy atom. The van der Waals surface area contributed by atoms with Crippen molar-refractivity contribution in [3.8, 4) is 5.75 Å². The van der Waals surface area contributed by atoms with Gasteiger partial charge in [0.1, 0.15) is 12.4 Å². The van der Waals surface area contributed by atoms with Gasteiger partial charge < -0.3 is 15.8 Å². The predicted octanol–water partition coefficient (Wildman–Crippen LogP) is 4.24. The molecule has 3 N–H and O–H groups in total. The standard InChI is InChI=1S/C28H31N3O3/c1-20-11-13-22(14-12-20)25(31-15-4-5-16-31)18-30-28(33)23-8-6-7-21(17-23)19-34-26-10-3-2-9-24(26)27(29)32/h2-3,6-14,17,25H,4-5,15-16,18-19H2,1H3,(H2,29,32)(H,30,33). The first-order chi connectivity index (χ1) is 16.5. The Bertz CT molecular complexity index is 1140. The van der Waals surface area contributed by atoms with Crippen LogP contribution < -0.4 is 15.8 Å². The van der Waals surface area contributed by atoms with Crippen molar-refractivity contribution in [3.63, 3.8) is 0 Å². The van der Waals surface area contributed by atoms with Crippen LogP contribution in [0, 0.1) is 6.92 Å². The van der Waals surface area contributed by atoms with Crippen molar-refractivity contribution >= 4 is 11.8 Å². The van der Waals surface area contributed by atoms with E-state index in [2.05, 4.69) is 41.4 Å². The molecule has 1 atom stereocenters. The molecule has 0 radical (unpaired) electrons. The first-order valence-corrected chi connectivity index (χ1v) is 11.7. The Hall–Kier alpha value is -3.64. The fourth-order valence-electron chi connectivity index (χ4n) is 4.35. The van der Waals surface area contributed by atoms with Crippen LogP contribution in [0.4, 0.5) is 0 Å². The zero-order valence-electron chi connectivity index (χ0n) is 19.5. The lowest BCUT2D eigenvalue weighted by atomic mass is 10.0. The van der Waals surface area contributed by atoms with Crippen LogP contribution in [-0.4, -0.2) is 36.3 Å². The van der Waals surface area contributed by atoms with Crippen LogP contribution in [0.25, 0.3) is 0 Å². The highest BCUT2D eigenvalue weighted by molar-refractivity contribution is 5.95. The molecule has 34 heavy (non-hydrogen) atoms. The zero-order valence-corrected chi connectivity index (χ0v) is 19.5. The molecule has 4 rings (SSSR count). The Morgan fingerprint density at radius 1 is 1.00 bits per heavy atom. The number of hydrogen-bond acceptors (Lipinski definition) is 4. The van der Waals surface area contributed by atoms with Gasteiger partial charge in [-0.1, -0.05) is 54.1 Å². The summed E-state index contributed by atoms with van der Waals surface area (Å²) in [7, 11) is 0. The monoisotopic (exact) mass is 457 g/mol. The Morgan fingerprint density at radius 2 is 1.74 bits per heavy atom. The molecule has 1 saturated heterocycles. The molecular formula is C28H31N3O3. The van der Waals surface area contributed by atoms with Crippen molar-refractivity contribution in [1.29, 1.82) is 0 Å². The number of likely N-dealkylation sites (tertiary alicyclic amines) is 1. The molecule has 1 heterocycles. The van der Waals surface area contributed by atoms with Crippen LogP contribution in [0.3, 0.4) is 0 Å². The van der Waals surface area contributed by atoms with Gasteiger partial charge in [0, 0.05) is 12.1 Å². The third kappa shape index (κ3) is 5.83. The largest absolute Gasteiger partial charge is 0.488 e. The molecular weight excluding hydrogens is 426 g/mol. The smallest absolute Gasteiger partial charge is 0.252 e. The molecule has 1 aliphatic heterocycles. The molecule has 3 aromatic carbocycles. The molecule has 6 nitrogen and oxygen atoms in total. The van der Waals surface area contributed by atoms with Crippen LogP contribution in [-0.2, 0) is 6.61 Å². The number of carbonyl (C=O) groups is 2. The number of nitrogens with zero attached hydrogens (tertiary/aromatic N) is 1. The van der Waals surface area contributed by atoms with E-state index >= 15 is 0 Å². The van der Waals surface area contributed by atoms with E-state index in [1.165, 1.54) is 24.0 Å². The second-order valence-electron chi connectivity index (χ2n) is 8.73. The molecule has 2 amide bonds. The van der Waals surface area contributed by atoms with E-state index in [0.717, 1.165) is 18.7 Å². The van der Waals surface area contributed by atoms with E-state index < -0.39 is 5.91 Å². The highest BCUT2D eigenvalue weighted by Crippen LogP contribution is 2.25. The molecule has 3 aromatic rings. The van der Waals surface area contributed by atoms with E-state index in [1.807, 2.05) is 18.2 Å². The summed E-state index contributed by atoms with van der Waals surface area (Å²) in [5, 5.41) is 3.13. The second-order valence-corrected chi connectivity index (χ2v) is 8.73. The third-order valence-electron chi connectivity index (χ3n) is 6.24. The Kier molecular flexibility index (Phi) is 7.60. The van der Waals surface area contributed by atoms with Gasteiger partial charge in [0.05, 0.1) is 11.6 Å². The van der Waals surface area contributed by atoms with Crippen LogP contribution in [0.5, 0.6) is 5.75 Å². The van der Waals surface area contributed by atoms with Gasteiger partial charge in [-0.05, 0) is 68.2 Å². The van der Waals surface area contributed by atoms with Gasteiger partial charge in [0.25, 0.3) is 11.8 Å². The molecule has 1 aliphatic rings. The number of hydrogen-bond donors (Lipinski definition) is 2. The van der Waals surface area contributed by atoms with E-state index in [1.54, 1.807) is 30.3 Å². The summed E-state index contributed by atoms with van der Waals surface area (Å²) in [6.07, 6.45) is 2.38. The second kappa shape index (κ2) is 11.0. The van der Waals surface area contributed by atoms with Gasteiger partial charge in [-0.25, -0.2) is 0 Å². The van der Waals surface area contributed by atoms with Crippen molar-refractivity contribution in [1.82, 2.24) is 10.2 Å². The molecule has 0 aliphatic carbocycles. The van der Waals surface area contributed by atoms with E-state index in [-0.39, 0.29) is 18.6 Å². The molecule has 0 bridgehead atoms. The number of aryl methyl sites for hydroxylation is 1. The van der Waals surface area contributed by atoms with E-state index in [0.29, 0.717) is 23.4 Å². The summed E-state index contributed by atoms with van der Waals surface area (Å²) in [5.74, 6) is -0.225. The minimum absolute atomic E-state index is 0.115. The number of primary amides is 1. The van der Waals surface area contributed by atoms with Crippen LogP contribution >= 0.6 is 0 Å². The molecule has 1 unspecified atom stereocenters. The normalized spacial score (nSPS) is 14.5. The fourth-order valence-corrected chi connectivity index (χ4v) is 4.35. The summed E-state index contributed by atoms with van der Waals surface area (Å²) < 4.78 is 5.81.